The number of epoxide rings is 1. The van der Waals surface area contributed by atoms with Crippen LogP contribution in [-0.4, -0.2) is 29.7 Å². The van der Waals surface area contributed by atoms with E-state index in [9.17, 15) is 9.90 Å². The molecule has 0 aromatic carbocycles. The van der Waals surface area contributed by atoms with Crippen LogP contribution < -0.4 is 0 Å². The van der Waals surface area contributed by atoms with Crippen molar-refractivity contribution in [2.24, 2.45) is 5.92 Å². The molecule has 1 aliphatic heterocycles. The van der Waals surface area contributed by atoms with Gasteiger partial charge in [0.05, 0.1) is 12.7 Å². The molecule has 2 fully saturated rings. The number of aliphatic hydroxyl groups is 1. The smallest absolute Gasteiger partial charge is 0.161 e. The quantitative estimate of drug-likeness (QED) is 0.548. The molecule has 1 saturated heterocycles. The topological polar surface area (TPSA) is 49.8 Å². The molecule has 3 nitrogen and oxygen atoms in total. The number of aliphatic hydroxyl groups excluding tert-OH is 1. The van der Waals surface area contributed by atoms with Crippen molar-refractivity contribution in [3.63, 3.8) is 0 Å². The Morgan fingerprint density at radius 1 is 1.55 bits per heavy atom. The normalized spacial score (nSPS) is 44.1. The Morgan fingerprint density at radius 2 is 2.27 bits per heavy atom. The van der Waals surface area contributed by atoms with Crippen LogP contribution in [0.2, 0.25) is 0 Å². The van der Waals surface area contributed by atoms with Gasteiger partial charge in [0, 0.05) is 6.42 Å². The van der Waals surface area contributed by atoms with Crippen LogP contribution in [0.1, 0.15) is 19.3 Å². The second kappa shape index (κ2) is 2.57. The van der Waals surface area contributed by atoms with E-state index in [1.54, 1.807) is 0 Å². The zero-order valence-electron chi connectivity index (χ0n) is 6.32. The molecular weight excluding hydrogens is 144 g/mol. The molecule has 0 radical (unpaired) electrons. The molecule has 2 aliphatic rings. The summed E-state index contributed by atoms with van der Waals surface area (Å²) in [5.74, 6) is 0.435. The van der Waals surface area contributed by atoms with Crippen LogP contribution in [-0.2, 0) is 9.53 Å². The molecule has 62 valence electrons. The first-order valence-electron chi connectivity index (χ1n) is 4.10. The lowest BCUT2D eigenvalue weighted by Crippen LogP contribution is -2.31. The molecule has 0 aromatic rings. The average Bonchev–Trinajstić information content (AvgIpc) is 2.77. The minimum Gasteiger partial charge on any atom is -0.385 e. The van der Waals surface area contributed by atoms with E-state index in [4.69, 9.17) is 4.74 Å². The molecule has 1 aliphatic carbocycles. The summed E-state index contributed by atoms with van der Waals surface area (Å²) >= 11 is 0. The fraction of sp³-hybridized carbons (Fsp3) is 0.875. The van der Waals surface area contributed by atoms with Crippen LogP contribution in [0.25, 0.3) is 0 Å². The van der Waals surface area contributed by atoms with Crippen LogP contribution in [0.15, 0.2) is 0 Å². The number of carbonyl (C=O) groups excluding carboxylic acids is 1. The summed E-state index contributed by atoms with van der Waals surface area (Å²) in [6, 6.07) is 0. The van der Waals surface area contributed by atoms with Crippen molar-refractivity contribution in [2.45, 2.75) is 31.5 Å². The maximum atomic E-state index is 10.9. The van der Waals surface area contributed by atoms with Gasteiger partial charge in [0.2, 0.25) is 0 Å². The van der Waals surface area contributed by atoms with E-state index in [2.05, 4.69) is 0 Å². The number of ketones is 1. The highest BCUT2D eigenvalue weighted by atomic mass is 16.6. The van der Waals surface area contributed by atoms with Crippen molar-refractivity contribution >= 4 is 5.78 Å². The molecule has 1 heterocycles. The maximum Gasteiger partial charge on any atom is 0.161 e. The lowest BCUT2D eigenvalue weighted by atomic mass is 9.84. The Morgan fingerprint density at radius 3 is 2.82 bits per heavy atom. The van der Waals surface area contributed by atoms with Crippen molar-refractivity contribution in [1.29, 1.82) is 0 Å². The van der Waals surface area contributed by atoms with Crippen LogP contribution in [0.5, 0.6) is 0 Å². The molecule has 3 unspecified atom stereocenters. The van der Waals surface area contributed by atoms with Gasteiger partial charge in [-0.05, 0) is 18.8 Å². The minimum atomic E-state index is -0.710. The molecular formula is C8H12O3. The summed E-state index contributed by atoms with van der Waals surface area (Å²) in [5.41, 5.74) is 0. The van der Waals surface area contributed by atoms with Crippen molar-refractivity contribution < 1.29 is 14.6 Å². The molecule has 3 atom stereocenters. The number of carbonyl (C=O) groups is 1. The molecule has 0 bridgehead atoms. The molecule has 0 aromatic heterocycles. The Hall–Kier alpha value is -0.410. The standard InChI is InChI=1S/C8H12O3/c9-6-2-1-5(3-7(6)10)8-4-11-8/h5,7-8,10H,1-4H2. The van der Waals surface area contributed by atoms with E-state index in [1.165, 1.54) is 0 Å². The van der Waals surface area contributed by atoms with Crippen molar-refractivity contribution in [3.8, 4) is 0 Å². The molecule has 1 N–H and O–H groups in total. The molecule has 3 heteroatoms. The van der Waals surface area contributed by atoms with Gasteiger partial charge in [0.25, 0.3) is 0 Å². The Bertz CT molecular complexity index is 174. The predicted octanol–water partition coefficient (Wildman–Crippen LogP) is 0.115. The second-order valence-corrected chi connectivity index (χ2v) is 3.39. The second-order valence-electron chi connectivity index (χ2n) is 3.39. The average molecular weight is 156 g/mol. The highest BCUT2D eigenvalue weighted by Gasteiger charge is 2.38. The van der Waals surface area contributed by atoms with Crippen molar-refractivity contribution in [3.05, 3.63) is 0 Å². The highest BCUT2D eigenvalue weighted by Crippen LogP contribution is 2.32. The molecule has 0 spiro atoms. The van der Waals surface area contributed by atoms with Crippen LogP contribution >= 0.6 is 0 Å². The summed E-state index contributed by atoms with van der Waals surface area (Å²) in [7, 11) is 0. The Balaban J connectivity index is 1.91. The number of hydrogen-bond donors (Lipinski definition) is 1. The van der Waals surface area contributed by atoms with Crippen LogP contribution in [0, 0.1) is 5.92 Å². The van der Waals surface area contributed by atoms with E-state index in [1.807, 2.05) is 0 Å². The summed E-state index contributed by atoms with van der Waals surface area (Å²) in [6.45, 7) is 0.825. The first-order chi connectivity index (χ1) is 5.27. The van der Waals surface area contributed by atoms with Gasteiger partial charge in [-0.1, -0.05) is 0 Å². The third-order valence-corrected chi connectivity index (χ3v) is 2.54. The van der Waals surface area contributed by atoms with Gasteiger partial charge in [-0.25, -0.2) is 0 Å². The summed E-state index contributed by atoms with van der Waals surface area (Å²) in [5, 5.41) is 9.22. The van der Waals surface area contributed by atoms with Gasteiger partial charge < -0.3 is 9.84 Å². The Kier molecular flexibility index (Phi) is 1.69. The SMILES string of the molecule is O=C1CCC(C2CO2)CC1O. The van der Waals surface area contributed by atoms with Gasteiger partial charge in [-0.15, -0.1) is 0 Å². The first kappa shape index (κ1) is 7.25. The number of rotatable bonds is 1. The van der Waals surface area contributed by atoms with Gasteiger partial charge >= 0.3 is 0 Å². The monoisotopic (exact) mass is 156 g/mol. The highest BCUT2D eigenvalue weighted by molar-refractivity contribution is 5.83. The van der Waals surface area contributed by atoms with E-state index in [0.717, 1.165) is 13.0 Å². The fourth-order valence-electron chi connectivity index (χ4n) is 1.70. The first-order valence-corrected chi connectivity index (χ1v) is 4.10. The number of ether oxygens (including phenoxy) is 1. The van der Waals surface area contributed by atoms with Gasteiger partial charge in [0.1, 0.15) is 6.10 Å². The van der Waals surface area contributed by atoms with Crippen LogP contribution in [0.4, 0.5) is 0 Å². The molecule has 2 rings (SSSR count). The van der Waals surface area contributed by atoms with E-state index < -0.39 is 6.10 Å². The van der Waals surface area contributed by atoms with Crippen molar-refractivity contribution in [1.82, 2.24) is 0 Å². The molecule has 1 saturated carbocycles. The van der Waals surface area contributed by atoms with Gasteiger partial charge in [0.15, 0.2) is 5.78 Å². The molecule has 11 heavy (non-hydrogen) atoms. The zero-order chi connectivity index (χ0) is 7.84. The summed E-state index contributed by atoms with van der Waals surface area (Å²) < 4.78 is 5.11. The fourth-order valence-corrected chi connectivity index (χ4v) is 1.70. The maximum absolute atomic E-state index is 10.9. The lowest BCUT2D eigenvalue weighted by molar-refractivity contribution is -0.130. The predicted molar refractivity (Wildman–Crippen MR) is 38.1 cm³/mol. The van der Waals surface area contributed by atoms with Crippen LogP contribution in [0.3, 0.4) is 0 Å². The minimum absolute atomic E-state index is 0.00176. The van der Waals surface area contributed by atoms with Crippen molar-refractivity contribution in [2.75, 3.05) is 6.61 Å². The Labute approximate surface area is 65.4 Å². The lowest BCUT2D eigenvalue weighted by Gasteiger charge is -2.22. The number of Topliss-reactive ketones (excluding diaryl/α,β-unsaturated/α-hetero) is 1. The third kappa shape index (κ3) is 1.44. The number of hydrogen-bond acceptors (Lipinski definition) is 3. The summed E-state index contributed by atoms with van der Waals surface area (Å²) in [6.07, 6.45) is 1.69. The van der Waals surface area contributed by atoms with Gasteiger partial charge in [-0.2, -0.15) is 0 Å². The van der Waals surface area contributed by atoms with E-state index in [0.29, 0.717) is 24.9 Å². The van der Waals surface area contributed by atoms with E-state index in [-0.39, 0.29) is 5.78 Å². The summed E-state index contributed by atoms with van der Waals surface area (Å²) in [4.78, 5) is 10.9. The zero-order valence-corrected chi connectivity index (χ0v) is 6.32. The van der Waals surface area contributed by atoms with Gasteiger partial charge in [-0.3, -0.25) is 4.79 Å². The third-order valence-electron chi connectivity index (χ3n) is 2.54. The van der Waals surface area contributed by atoms with E-state index >= 15 is 0 Å². The largest absolute Gasteiger partial charge is 0.385 e. The molecule has 0 amide bonds.